The number of anilines is 1. The molecule has 2 N–H and O–H groups in total. The Balaban J connectivity index is 2.67. The van der Waals surface area contributed by atoms with Crippen molar-refractivity contribution in [2.45, 2.75) is 0 Å². The highest BCUT2D eigenvalue weighted by atomic mass is 127. The molecule has 0 fully saturated rings. The number of methoxy groups -OCH3 is 1. The Bertz CT molecular complexity index is 677. The fraction of sp³-hybridized carbons (Fsp3) is 0.0769. The second-order valence-corrected chi connectivity index (χ2v) is 5.47. The Morgan fingerprint density at radius 3 is 2.55 bits per heavy atom. The lowest BCUT2D eigenvalue weighted by Crippen LogP contribution is -2.10. The molecule has 7 heteroatoms. The van der Waals surface area contributed by atoms with Gasteiger partial charge in [-0.1, -0.05) is 23.7 Å². The summed E-state index contributed by atoms with van der Waals surface area (Å²) >= 11 is 7.95. The molecule has 0 spiro atoms. The number of ether oxygens (including phenoxy) is 1. The van der Waals surface area contributed by atoms with Gasteiger partial charge in [0.05, 0.1) is 17.8 Å². The molecule has 0 aliphatic carbocycles. The Morgan fingerprint density at radius 2 is 2.00 bits per heavy atom. The second-order valence-electron chi connectivity index (χ2n) is 3.85. The van der Waals surface area contributed by atoms with Gasteiger partial charge in [0.25, 0.3) is 0 Å². The molecular weight excluding hydrogens is 398 g/mol. The van der Waals surface area contributed by atoms with Crippen LogP contribution in [0.5, 0.6) is 0 Å². The summed E-state index contributed by atoms with van der Waals surface area (Å²) in [5, 5.41) is -0.247. The Hall–Kier alpha value is -1.41. The maximum Gasteiger partial charge on any atom is 0.358 e. The van der Waals surface area contributed by atoms with Gasteiger partial charge < -0.3 is 10.5 Å². The van der Waals surface area contributed by atoms with E-state index in [1.165, 1.54) is 7.11 Å². The van der Waals surface area contributed by atoms with Gasteiger partial charge in [-0.15, -0.1) is 0 Å². The number of nitrogens with zero attached hydrogens (tertiary/aromatic N) is 1. The lowest BCUT2D eigenvalue weighted by molar-refractivity contribution is 0.0594. The molecule has 0 amide bonds. The number of carbonyl (C=O) groups excluding carboxylic acids is 1. The first-order valence-electron chi connectivity index (χ1n) is 5.44. The van der Waals surface area contributed by atoms with Crippen LogP contribution in [-0.4, -0.2) is 18.1 Å². The summed E-state index contributed by atoms with van der Waals surface area (Å²) < 4.78 is 19.7. The molecule has 0 atom stereocenters. The fourth-order valence-corrected chi connectivity index (χ4v) is 2.15. The number of nitrogens with two attached hydrogens (primary N) is 1. The monoisotopic (exact) mass is 406 g/mol. The molecule has 1 heterocycles. The van der Waals surface area contributed by atoms with Crippen LogP contribution in [0.15, 0.2) is 24.3 Å². The summed E-state index contributed by atoms with van der Waals surface area (Å²) in [6.07, 6.45) is 0. The molecule has 0 unspecified atom stereocenters. The molecule has 0 saturated heterocycles. The van der Waals surface area contributed by atoms with Gasteiger partial charge in [0, 0.05) is 9.13 Å². The van der Waals surface area contributed by atoms with E-state index in [1.807, 2.05) is 0 Å². The number of rotatable bonds is 2. The van der Waals surface area contributed by atoms with E-state index in [9.17, 15) is 9.18 Å². The van der Waals surface area contributed by atoms with E-state index in [0.29, 0.717) is 5.56 Å². The van der Waals surface area contributed by atoms with E-state index in [4.69, 9.17) is 17.3 Å². The van der Waals surface area contributed by atoms with E-state index < -0.39 is 11.8 Å². The number of hydrogen-bond donors (Lipinski definition) is 1. The maximum atomic E-state index is 14.2. The average molecular weight is 407 g/mol. The normalized spacial score (nSPS) is 10.4. The molecule has 0 aliphatic rings. The van der Waals surface area contributed by atoms with Crippen LogP contribution < -0.4 is 5.73 Å². The van der Waals surface area contributed by atoms with E-state index in [2.05, 4.69) is 32.3 Å². The van der Waals surface area contributed by atoms with Gasteiger partial charge in [-0.25, -0.2) is 14.2 Å². The Morgan fingerprint density at radius 1 is 1.40 bits per heavy atom. The molecule has 0 saturated carbocycles. The summed E-state index contributed by atoms with van der Waals surface area (Å²) in [4.78, 5) is 15.5. The average Bonchev–Trinajstić information content (AvgIpc) is 2.45. The van der Waals surface area contributed by atoms with Crippen LogP contribution in [0.25, 0.3) is 11.3 Å². The van der Waals surface area contributed by atoms with Crippen molar-refractivity contribution in [2.24, 2.45) is 0 Å². The highest BCUT2D eigenvalue weighted by Gasteiger charge is 2.22. The van der Waals surface area contributed by atoms with Crippen molar-refractivity contribution in [3.05, 3.63) is 44.4 Å². The summed E-state index contributed by atoms with van der Waals surface area (Å²) in [5.41, 5.74) is 5.52. The van der Waals surface area contributed by atoms with Crippen LogP contribution in [0, 0.1) is 9.39 Å². The van der Waals surface area contributed by atoms with Crippen LogP contribution in [0.1, 0.15) is 10.5 Å². The van der Waals surface area contributed by atoms with Crippen molar-refractivity contribution in [3.63, 3.8) is 0 Å². The van der Waals surface area contributed by atoms with Gasteiger partial charge in [0.2, 0.25) is 0 Å². The van der Waals surface area contributed by atoms with E-state index >= 15 is 0 Å². The first-order chi connectivity index (χ1) is 9.45. The molecular formula is C13H9ClFIN2O2. The number of carbonyl (C=O) groups is 1. The van der Waals surface area contributed by atoms with Crippen LogP contribution >= 0.6 is 34.2 Å². The molecule has 4 nitrogen and oxygen atoms in total. The van der Waals surface area contributed by atoms with Crippen molar-refractivity contribution in [2.75, 3.05) is 12.8 Å². The number of esters is 1. The van der Waals surface area contributed by atoms with Crippen LogP contribution in [0.2, 0.25) is 5.02 Å². The SMILES string of the molecule is COC(=O)c1nc(-c2ccc(I)cc2)c(F)c(N)c1Cl. The first-order valence-corrected chi connectivity index (χ1v) is 6.90. The number of hydrogen-bond acceptors (Lipinski definition) is 4. The number of benzene rings is 1. The minimum Gasteiger partial charge on any atom is -0.464 e. The molecule has 2 rings (SSSR count). The van der Waals surface area contributed by atoms with Crippen molar-refractivity contribution in [1.29, 1.82) is 0 Å². The van der Waals surface area contributed by atoms with Crippen molar-refractivity contribution in [3.8, 4) is 11.3 Å². The zero-order valence-electron chi connectivity index (χ0n) is 10.3. The van der Waals surface area contributed by atoms with E-state index in [-0.39, 0.29) is 22.1 Å². The highest BCUT2D eigenvalue weighted by molar-refractivity contribution is 14.1. The summed E-state index contributed by atoms with van der Waals surface area (Å²) in [5.74, 6) is -1.53. The van der Waals surface area contributed by atoms with Crippen molar-refractivity contribution >= 4 is 45.8 Å². The van der Waals surface area contributed by atoms with Gasteiger partial charge in [-0.3, -0.25) is 0 Å². The smallest absolute Gasteiger partial charge is 0.358 e. The summed E-state index contributed by atoms with van der Waals surface area (Å²) in [7, 11) is 1.18. The number of halogens is 3. The lowest BCUT2D eigenvalue weighted by atomic mass is 10.1. The quantitative estimate of drug-likeness (QED) is 0.612. The zero-order chi connectivity index (χ0) is 14.9. The first kappa shape index (κ1) is 15.0. The molecule has 20 heavy (non-hydrogen) atoms. The lowest BCUT2D eigenvalue weighted by Gasteiger charge is -2.10. The number of nitrogen functional groups attached to an aromatic ring is 1. The molecule has 1 aromatic heterocycles. The molecule has 0 aliphatic heterocycles. The highest BCUT2D eigenvalue weighted by Crippen LogP contribution is 2.32. The third kappa shape index (κ3) is 2.71. The molecule has 104 valence electrons. The van der Waals surface area contributed by atoms with E-state index in [1.54, 1.807) is 24.3 Å². The second kappa shape index (κ2) is 5.92. The van der Waals surface area contributed by atoms with Gasteiger partial charge >= 0.3 is 5.97 Å². The standard InChI is InChI=1S/C13H9ClFIN2O2/c1-20-13(19)12-8(14)10(17)9(15)11(18-12)6-2-4-7(16)5-3-6/h2-5H,1H3,(H2,17,18). The van der Waals surface area contributed by atoms with Gasteiger partial charge in [-0.05, 0) is 34.7 Å². The number of pyridine rings is 1. The Kier molecular flexibility index (Phi) is 4.44. The predicted octanol–water partition coefficient (Wildman–Crippen LogP) is 3.51. The summed E-state index contributed by atoms with van der Waals surface area (Å²) in [6.45, 7) is 0. The molecule has 1 aromatic carbocycles. The maximum absolute atomic E-state index is 14.2. The van der Waals surface area contributed by atoms with Gasteiger partial charge in [-0.2, -0.15) is 0 Å². The minimum atomic E-state index is -0.770. The van der Waals surface area contributed by atoms with Crippen LogP contribution in [0.3, 0.4) is 0 Å². The van der Waals surface area contributed by atoms with Crippen LogP contribution in [-0.2, 0) is 4.74 Å². The number of aromatic nitrogens is 1. The molecule has 0 radical (unpaired) electrons. The predicted molar refractivity (Wildman–Crippen MR) is 83.1 cm³/mol. The molecule has 2 aromatic rings. The zero-order valence-corrected chi connectivity index (χ0v) is 13.2. The van der Waals surface area contributed by atoms with E-state index in [0.717, 1.165) is 3.57 Å². The van der Waals surface area contributed by atoms with Crippen molar-refractivity contribution < 1.29 is 13.9 Å². The van der Waals surface area contributed by atoms with Gasteiger partial charge in [0.15, 0.2) is 11.5 Å². The van der Waals surface area contributed by atoms with Crippen molar-refractivity contribution in [1.82, 2.24) is 4.98 Å². The largest absolute Gasteiger partial charge is 0.464 e. The minimum absolute atomic E-state index is 0.0382. The Labute approximate surface area is 133 Å². The molecule has 0 bridgehead atoms. The third-order valence-electron chi connectivity index (χ3n) is 2.61. The fourth-order valence-electron chi connectivity index (χ4n) is 1.59. The van der Waals surface area contributed by atoms with Crippen LogP contribution in [0.4, 0.5) is 10.1 Å². The third-order valence-corrected chi connectivity index (χ3v) is 3.71. The van der Waals surface area contributed by atoms with Gasteiger partial charge in [0.1, 0.15) is 5.69 Å². The summed E-state index contributed by atoms with van der Waals surface area (Å²) in [6, 6.07) is 6.95. The topological polar surface area (TPSA) is 65.2 Å².